The van der Waals surface area contributed by atoms with Gasteiger partial charge in [0.05, 0.1) is 28.4 Å². The molecular weight excluding hydrogens is 618 g/mol. The molecule has 3 aromatic carbocycles. The molecule has 11 nitrogen and oxygen atoms in total. The lowest BCUT2D eigenvalue weighted by molar-refractivity contribution is -0.125. The molecule has 1 unspecified atom stereocenters. The molecule has 0 saturated carbocycles. The Hall–Kier alpha value is -4.68. The molecule has 0 bridgehead atoms. The highest BCUT2D eigenvalue weighted by Crippen LogP contribution is 2.39. The Morgan fingerprint density at radius 2 is 1.69 bits per heavy atom. The number of hydrogen-bond acceptors (Lipinski definition) is 7. The third-order valence-corrected chi connectivity index (χ3v) is 9.86. The van der Waals surface area contributed by atoms with E-state index in [1.165, 1.54) is 0 Å². The minimum Gasteiger partial charge on any atom is -0.361 e. The summed E-state index contributed by atoms with van der Waals surface area (Å²) in [6.45, 7) is 6.90. The number of fused-ring (bicyclic) bond motifs is 1. The van der Waals surface area contributed by atoms with Crippen LogP contribution in [0.1, 0.15) is 44.9 Å². The number of aromatic nitrogens is 1. The molecule has 0 fully saturated rings. The number of anilines is 3. The molecule has 13 heteroatoms. The molecule has 234 valence electrons. The largest absolute Gasteiger partial charge is 0.361 e. The number of carbonyl (C=O) groups excluding carboxylic acids is 3. The van der Waals surface area contributed by atoms with Gasteiger partial charge in [0.15, 0.2) is 0 Å². The number of carbonyl (C=O) groups is 3. The molecule has 45 heavy (non-hydrogen) atoms. The molecule has 0 aliphatic carbocycles. The fraction of sp³-hybridized carbons (Fsp3) is 0.250. The maximum absolute atomic E-state index is 14.2. The van der Waals surface area contributed by atoms with Gasteiger partial charge < -0.3 is 20.5 Å². The summed E-state index contributed by atoms with van der Waals surface area (Å²) in [4.78, 5) is 39.0. The van der Waals surface area contributed by atoms with Crippen LogP contribution in [0.15, 0.2) is 70.1 Å². The minimum absolute atomic E-state index is 0.0353. The number of sulfonamides is 1. The molecule has 5 rings (SSSR count). The van der Waals surface area contributed by atoms with Crippen molar-refractivity contribution in [3.63, 3.8) is 0 Å². The van der Waals surface area contributed by atoms with Crippen molar-refractivity contribution in [2.75, 3.05) is 21.5 Å². The van der Waals surface area contributed by atoms with Crippen molar-refractivity contribution in [1.82, 2.24) is 10.5 Å². The summed E-state index contributed by atoms with van der Waals surface area (Å²) in [6, 6.07) is 15.5. The van der Waals surface area contributed by atoms with E-state index in [1.807, 2.05) is 12.1 Å². The predicted molar refractivity (Wildman–Crippen MR) is 171 cm³/mol. The van der Waals surface area contributed by atoms with E-state index in [9.17, 15) is 22.8 Å². The number of para-hydroxylation sites is 2. The second-order valence-corrected chi connectivity index (χ2v) is 13.0. The average molecular weight is 650 g/mol. The molecule has 1 aromatic heterocycles. The maximum atomic E-state index is 14.2. The molecule has 0 saturated heterocycles. The normalized spacial score (nSPS) is 14.5. The molecule has 1 aliphatic heterocycles. The first-order chi connectivity index (χ1) is 21.4. The number of rotatable bonds is 9. The van der Waals surface area contributed by atoms with Gasteiger partial charge in [-0.25, -0.2) is 8.42 Å². The Labute approximate surface area is 266 Å². The molecule has 0 spiro atoms. The van der Waals surface area contributed by atoms with Gasteiger partial charge in [-0.05, 0) is 87.2 Å². The third-order valence-electron chi connectivity index (χ3n) is 7.51. The van der Waals surface area contributed by atoms with Crippen LogP contribution in [0.2, 0.25) is 5.02 Å². The Morgan fingerprint density at radius 1 is 1.02 bits per heavy atom. The Bertz CT molecular complexity index is 1860. The second-order valence-electron chi connectivity index (χ2n) is 10.8. The zero-order valence-corrected chi connectivity index (χ0v) is 26.7. The van der Waals surface area contributed by atoms with Crippen LogP contribution < -0.4 is 20.3 Å². The van der Waals surface area contributed by atoms with Crippen LogP contribution in [-0.2, 0) is 26.0 Å². The fourth-order valence-corrected chi connectivity index (χ4v) is 7.87. The first-order valence-electron chi connectivity index (χ1n) is 14.2. The van der Waals surface area contributed by atoms with Crippen molar-refractivity contribution in [1.29, 1.82) is 0 Å². The molecule has 0 radical (unpaired) electrons. The fourth-order valence-electron chi connectivity index (χ4n) is 5.49. The number of nitrogens with zero attached hydrogens (tertiary/aromatic N) is 2. The van der Waals surface area contributed by atoms with Gasteiger partial charge in [-0.3, -0.25) is 18.7 Å². The van der Waals surface area contributed by atoms with Crippen molar-refractivity contribution in [2.24, 2.45) is 0 Å². The third kappa shape index (κ3) is 6.57. The number of benzene rings is 3. The monoisotopic (exact) mass is 649 g/mol. The highest BCUT2D eigenvalue weighted by molar-refractivity contribution is 7.93. The number of nitrogens with one attached hydrogen (secondary N) is 3. The van der Waals surface area contributed by atoms with Crippen LogP contribution in [-0.4, -0.2) is 43.9 Å². The van der Waals surface area contributed by atoms with E-state index in [4.69, 9.17) is 16.1 Å². The predicted octanol–water partition coefficient (Wildman–Crippen LogP) is 5.08. The highest BCUT2D eigenvalue weighted by atomic mass is 35.5. The highest BCUT2D eigenvalue weighted by Gasteiger charge is 2.43. The first kappa shape index (κ1) is 31.7. The lowest BCUT2D eigenvalue weighted by Crippen LogP contribution is -2.53. The Morgan fingerprint density at radius 3 is 2.33 bits per heavy atom. The van der Waals surface area contributed by atoms with Gasteiger partial charge in [-0.15, -0.1) is 0 Å². The van der Waals surface area contributed by atoms with E-state index in [0.717, 1.165) is 9.87 Å². The van der Waals surface area contributed by atoms with E-state index < -0.39 is 34.3 Å². The topological polar surface area (TPSA) is 151 Å². The van der Waals surface area contributed by atoms with Gasteiger partial charge in [0, 0.05) is 17.3 Å². The van der Waals surface area contributed by atoms with Gasteiger partial charge >= 0.3 is 0 Å². The van der Waals surface area contributed by atoms with Crippen LogP contribution in [0, 0.1) is 27.7 Å². The van der Waals surface area contributed by atoms with Crippen LogP contribution in [0.4, 0.5) is 17.1 Å². The van der Waals surface area contributed by atoms with E-state index in [-0.39, 0.29) is 23.0 Å². The van der Waals surface area contributed by atoms with Crippen molar-refractivity contribution in [3.05, 3.63) is 99.4 Å². The van der Waals surface area contributed by atoms with Gasteiger partial charge in [0.2, 0.25) is 11.8 Å². The van der Waals surface area contributed by atoms with E-state index in [1.54, 1.807) is 76.2 Å². The van der Waals surface area contributed by atoms with Crippen molar-refractivity contribution in [3.8, 4) is 0 Å². The molecule has 1 aliphatic rings. The number of aryl methyl sites for hydroxylation is 4. The number of hydrogen-bond donors (Lipinski definition) is 3. The average Bonchev–Trinajstić information content (AvgIpc) is 3.31. The van der Waals surface area contributed by atoms with Gasteiger partial charge in [0.1, 0.15) is 17.4 Å². The maximum Gasteiger partial charge on any atom is 0.265 e. The zero-order valence-electron chi connectivity index (χ0n) is 25.1. The zero-order chi connectivity index (χ0) is 32.5. The van der Waals surface area contributed by atoms with E-state index >= 15 is 0 Å². The van der Waals surface area contributed by atoms with Crippen molar-refractivity contribution in [2.45, 2.75) is 51.5 Å². The molecule has 3 amide bonds. The molecule has 1 atom stereocenters. The molecule has 3 N–H and O–H groups in total. The standard InChI is InChI=1S/C32H32ClN5O6S/c1-18-15-23(33)16-19(2)30(18)45(42,43)38-26-8-6-5-7-25(26)36-31(40)27(38)17-28(39)34-14-13-22-9-11-24(12-10-22)35-32(41)29-20(3)37-44-21(29)4/h5-12,15-16,27H,13-14,17H2,1-4H3,(H,34,39)(H,35,41)(H,36,40). The van der Waals surface area contributed by atoms with Crippen LogP contribution in [0.3, 0.4) is 0 Å². The summed E-state index contributed by atoms with van der Waals surface area (Å²) < 4.78 is 34.4. The first-order valence-corrected chi connectivity index (χ1v) is 16.0. The van der Waals surface area contributed by atoms with Crippen LogP contribution in [0.25, 0.3) is 0 Å². The number of amides is 3. The molecule has 4 aromatic rings. The van der Waals surface area contributed by atoms with Gasteiger partial charge in [-0.2, -0.15) is 0 Å². The summed E-state index contributed by atoms with van der Waals surface area (Å²) in [5.74, 6) is -0.977. The summed E-state index contributed by atoms with van der Waals surface area (Å²) in [7, 11) is -4.28. The van der Waals surface area contributed by atoms with Crippen molar-refractivity contribution >= 4 is 56.4 Å². The van der Waals surface area contributed by atoms with Gasteiger partial charge in [0.25, 0.3) is 15.9 Å². The Balaban J connectivity index is 1.27. The van der Waals surface area contributed by atoms with E-state index in [2.05, 4.69) is 21.1 Å². The lowest BCUT2D eigenvalue weighted by atomic mass is 10.1. The second kappa shape index (κ2) is 12.7. The van der Waals surface area contributed by atoms with Crippen LogP contribution in [0.5, 0.6) is 0 Å². The van der Waals surface area contributed by atoms with Gasteiger partial charge in [-0.1, -0.05) is 41.0 Å². The number of halogens is 1. The molecular formula is C32H32ClN5O6S. The smallest absolute Gasteiger partial charge is 0.265 e. The summed E-state index contributed by atoms with van der Waals surface area (Å²) in [5, 5.41) is 12.5. The van der Waals surface area contributed by atoms with Crippen LogP contribution >= 0.6 is 11.6 Å². The quantitative estimate of drug-likeness (QED) is 0.229. The summed E-state index contributed by atoms with van der Waals surface area (Å²) in [6.07, 6.45) is 0.0759. The van der Waals surface area contributed by atoms with E-state index in [0.29, 0.717) is 51.0 Å². The molecule has 2 heterocycles. The summed E-state index contributed by atoms with van der Waals surface area (Å²) >= 11 is 6.16. The minimum atomic E-state index is -4.28. The summed E-state index contributed by atoms with van der Waals surface area (Å²) in [5.41, 5.74) is 3.84. The lowest BCUT2D eigenvalue weighted by Gasteiger charge is -2.37. The SMILES string of the molecule is Cc1cc(Cl)cc(C)c1S(=O)(=O)N1c2ccccc2NC(=O)C1CC(=O)NCCc1ccc(NC(=O)c2c(C)noc2C)cc1. The Kier molecular flexibility index (Phi) is 8.98. The van der Waals surface area contributed by atoms with Crippen molar-refractivity contribution < 1.29 is 27.3 Å².